The highest BCUT2D eigenvalue weighted by atomic mass is 14.0. The highest BCUT2D eigenvalue weighted by Crippen LogP contribution is 2.19. The summed E-state index contributed by atoms with van der Waals surface area (Å²) in [4.78, 5) is 0. The number of allylic oxidation sites excluding steroid dienone is 7. The second kappa shape index (κ2) is 29.0. The summed E-state index contributed by atoms with van der Waals surface area (Å²) >= 11 is 0. The molecule has 3 aromatic carbocycles. The molecule has 0 saturated carbocycles. The minimum Gasteiger partial charge on any atom is -0.115 e. The van der Waals surface area contributed by atoms with Gasteiger partial charge in [-0.3, -0.25) is 0 Å². The summed E-state index contributed by atoms with van der Waals surface area (Å²) in [5.41, 5.74) is 12.6. The van der Waals surface area contributed by atoms with Crippen LogP contribution in [0.1, 0.15) is 102 Å². The molecule has 0 fully saturated rings. The number of terminal acetylenes is 1. The zero-order chi connectivity index (χ0) is 34.5. The Labute approximate surface area is 274 Å². The summed E-state index contributed by atoms with van der Waals surface area (Å²) < 4.78 is 0. The summed E-state index contributed by atoms with van der Waals surface area (Å²) in [7, 11) is 0. The van der Waals surface area contributed by atoms with Crippen LogP contribution in [0, 0.1) is 33.1 Å². The Morgan fingerprint density at radius 3 is 1.75 bits per heavy atom. The predicted octanol–water partition coefficient (Wildman–Crippen LogP) is 13.6. The Morgan fingerprint density at radius 2 is 1.32 bits per heavy atom. The van der Waals surface area contributed by atoms with Gasteiger partial charge in [0.1, 0.15) is 0 Å². The number of rotatable bonds is 6. The van der Waals surface area contributed by atoms with Gasteiger partial charge in [-0.15, -0.1) is 13.0 Å². The molecular weight excluding hydrogens is 528 g/mol. The van der Waals surface area contributed by atoms with Crippen molar-refractivity contribution in [1.82, 2.24) is 0 Å². The maximum atomic E-state index is 5.17. The van der Waals surface area contributed by atoms with Gasteiger partial charge in [-0.25, -0.2) is 0 Å². The Kier molecular flexibility index (Phi) is 29.3. The van der Waals surface area contributed by atoms with E-state index in [4.69, 9.17) is 6.42 Å². The van der Waals surface area contributed by atoms with E-state index in [2.05, 4.69) is 116 Å². The van der Waals surface area contributed by atoms with Crippen molar-refractivity contribution >= 4 is 5.57 Å². The van der Waals surface area contributed by atoms with Gasteiger partial charge in [0.05, 0.1) is 0 Å². The van der Waals surface area contributed by atoms with Crippen LogP contribution in [0.15, 0.2) is 127 Å². The number of benzene rings is 3. The third kappa shape index (κ3) is 22.5. The molecule has 238 valence electrons. The SMILES string of the molecule is C#Cc1cccc(C)c1.C=C(C=C(C)C)c1ccccc1C.C=C/C(C)=C(/C)CCc1ccc(C)cc1.C=CC.CC.CC. The highest BCUT2D eigenvalue weighted by molar-refractivity contribution is 5.74. The molecule has 0 atom stereocenters. The van der Waals surface area contributed by atoms with E-state index in [0.29, 0.717) is 0 Å². The third-order valence-electron chi connectivity index (χ3n) is 6.03. The molecule has 0 unspecified atom stereocenters. The van der Waals surface area contributed by atoms with Gasteiger partial charge < -0.3 is 0 Å². The van der Waals surface area contributed by atoms with Crippen LogP contribution < -0.4 is 0 Å². The van der Waals surface area contributed by atoms with Crippen LogP contribution in [0.5, 0.6) is 0 Å². The van der Waals surface area contributed by atoms with E-state index >= 15 is 0 Å². The first-order chi connectivity index (χ1) is 21.0. The fraction of sp³-hybridized carbons (Fsp3) is 0.318. The average molecular weight is 591 g/mol. The van der Waals surface area contributed by atoms with E-state index in [-0.39, 0.29) is 0 Å². The molecule has 3 rings (SSSR count). The van der Waals surface area contributed by atoms with Crippen molar-refractivity contribution in [2.75, 3.05) is 0 Å². The van der Waals surface area contributed by atoms with Crippen LogP contribution in [0.3, 0.4) is 0 Å². The number of hydrogen-bond acceptors (Lipinski definition) is 0. The monoisotopic (exact) mass is 590 g/mol. The van der Waals surface area contributed by atoms with Crippen molar-refractivity contribution in [3.05, 3.63) is 161 Å². The van der Waals surface area contributed by atoms with Gasteiger partial charge in [0.25, 0.3) is 0 Å². The highest BCUT2D eigenvalue weighted by Gasteiger charge is 1.98. The van der Waals surface area contributed by atoms with Crippen LogP contribution in [-0.4, -0.2) is 0 Å². The Balaban J connectivity index is -0.000000529. The molecular formula is C44H62. The van der Waals surface area contributed by atoms with Crippen LogP contribution >= 0.6 is 0 Å². The molecule has 44 heavy (non-hydrogen) atoms. The minimum absolute atomic E-state index is 0.954. The van der Waals surface area contributed by atoms with E-state index in [1.165, 1.54) is 44.5 Å². The standard InChI is InChI=1S/C15H20.C13H16.C9H8.C3H6.2C2H6/c1-5-13(3)14(4)8-11-15-9-6-12(2)7-10-15;1-10(2)9-12(4)13-8-6-5-7-11(13)3;1-3-9-6-4-5-8(2)7-9;1-3-2;2*1-2/h5-7,9-10H,1,8,11H2,2-4H3;5-9H,4H2,1-3H3;1,4-7H,2H3;3H,1H2,2H3;2*1-2H3/b14-13-;;;;;. The smallest absolute Gasteiger partial charge is 0.0245 e. The summed E-state index contributed by atoms with van der Waals surface area (Å²) in [5, 5.41) is 0. The molecule has 0 bridgehead atoms. The summed E-state index contributed by atoms with van der Waals surface area (Å²) in [6.45, 7) is 35.8. The summed E-state index contributed by atoms with van der Waals surface area (Å²) in [5.74, 6) is 2.57. The fourth-order valence-electron chi connectivity index (χ4n) is 3.55. The van der Waals surface area contributed by atoms with Crippen molar-refractivity contribution in [2.24, 2.45) is 0 Å². The normalized spacial score (nSPS) is 9.25. The molecule has 0 nitrogen and oxygen atoms in total. The van der Waals surface area contributed by atoms with Gasteiger partial charge >= 0.3 is 0 Å². The molecule has 0 saturated heterocycles. The van der Waals surface area contributed by atoms with E-state index in [9.17, 15) is 0 Å². The zero-order valence-corrected chi connectivity index (χ0v) is 30.3. The van der Waals surface area contributed by atoms with Crippen molar-refractivity contribution in [3.63, 3.8) is 0 Å². The van der Waals surface area contributed by atoms with Crippen molar-refractivity contribution in [1.29, 1.82) is 0 Å². The van der Waals surface area contributed by atoms with Gasteiger partial charge in [0.2, 0.25) is 0 Å². The minimum atomic E-state index is 0.954. The lowest BCUT2D eigenvalue weighted by Gasteiger charge is -2.05. The second-order valence-electron chi connectivity index (χ2n) is 10.1. The van der Waals surface area contributed by atoms with Gasteiger partial charge in [-0.2, -0.15) is 0 Å². The van der Waals surface area contributed by atoms with Gasteiger partial charge in [0.15, 0.2) is 0 Å². The van der Waals surface area contributed by atoms with Crippen molar-refractivity contribution in [2.45, 2.75) is 95.9 Å². The molecule has 0 heteroatoms. The van der Waals surface area contributed by atoms with Gasteiger partial charge in [0, 0.05) is 5.56 Å². The van der Waals surface area contributed by atoms with E-state index < -0.39 is 0 Å². The lowest BCUT2D eigenvalue weighted by Crippen LogP contribution is -1.88. The molecule has 0 radical (unpaired) electrons. The Hall–Kier alpha value is -4.08. The largest absolute Gasteiger partial charge is 0.115 e. The first-order valence-corrected chi connectivity index (χ1v) is 15.8. The predicted molar refractivity (Wildman–Crippen MR) is 205 cm³/mol. The molecule has 0 spiro atoms. The summed E-state index contributed by atoms with van der Waals surface area (Å²) in [6, 6.07) is 25.0. The molecule has 0 N–H and O–H groups in total. The van der Waals surface area contributed by atoms with Crippen LogP contribution in [-0.2, 0) is 6.42 Å². The topological polar surface area (TPSA) is 0 Å². The van der Waals surface area contributed by atoms with Gasteiger partial charge in [-0.1, -0.05) is 148 Å². The summed E-state index contributed by atoms with van der Waals surface area (Å²) in [6.07, 6.45) is 13.2. The van der Waals surface area contributed by atoms with Crippen molar-refractivity contribution in [3.8, 4) is 12.3 Å². The molecule has 0 heterocycles. The first kappa shape index (κ1) is 44.4. The number of hydrogen-bond donors (Lipinski definition) is 0. The quantitative estimate of drug-likeness (QED) is 0.152. The van der Waals surface area contributed by atoms with E-state index in [0.717, 1.165) is 24.0 Å². The molecule has 3 aromatic rings. The molecule has 0 aliphatic carbocycles. The lowest BCUT2D eigenvalue weighted by atomic mass is 10.0. The zero-order valence-electron chi connectivity index (χ0n) is 30.3. The molecule has 0 amide bonds. The lowest BCUT2D eigenvalue weighted by molar-refractivity contribution is 0.928. The molecule has 0 aliphatic heterocycles. The average Bonchev–Trinajstić information content (AvgIpc) is 3.03. The second-order valence-corrected chi connectivity index (χ2v) is 10.1. The van der Waals surface area contributed by atoms with Crippen LogP contribution in [0.4, 0.5) is 0 Å². The van der Waals surface area contributed by atoms with Crippen LogP contribution in [0.25, 0.3) is 5.57 Å². The number of aryl methyl sites for hydroxylation is 4. The van der Waals surface area contributed by atoms with E-state index in [1.807, 2.05) is 78.0 Å². The Morgan fingerprint density at radius 1 is 0.773 bits per heavy atom. The van der Waals surface area contributed by atoms with Crippen molar-refractivity contribution < 1.29 is 0 Å². The molecule has 0 aliphatic rings. The fourth-order valence-corrected chi connectivity index (χ4v) is 3.55. The van der Waals surface area contributed by atoms with E-state index in [1.54, 1.807) is 6.08 Å². The Bertz CT molecular complexity index is 1300. The molecule has 0 aromatic heterocycles. The van der Waals surface area contributed by atoms with Crippen LogP contribution in [0.2, 0.25) is 0 Å². The third-order valence-corrected chi connectivity index (χ3v) is 6.03. The first-order valence-electron chi connectivity index (χ1n) is 15.8. The maximum absolute atomic E-state index is 5.17. The van der Waals surface area contributed by atoms with Gasteiger partial charge in [-0.05, 0) is 108 Å². The maximum Gasteiger partial charge on any atom is 0.0245 e.